The molecule has 1 fully saturated rings. The standard InChI is InChI=1S/C21H26ClNO.C4H6O4/c1-21(17-7-4-3-5-8-17,18-10-12-19(22)13-11-18)24-16-14-20-9-6-15-23(20)2;5-3(6)1-2-4(7)8/h3-5,7-8,10-13,20H,6,9,14-16H2,1-2H3;1-2H2,(H,5,6)(H,7,8)/t20-,21?;/m1./s1. The van der Waals surface area contributed by atoms with Gasteiger partial charge in [-0.1, -0.05) is 54.1 Å². The summed E-state index contributed by atoms with van der Waals surface area (Å²) in [5, 5.41) is 16.5. The summed E-state index contributed by atoms with van der Waals surface area (Å²) in [6.45, 7) is 4.12. The first kappa shape index (κ1) is 25.8. The second-order valence-corrected chi connectivity index (χ2v) is 8.54. The van der Waals surface area contributed by atoms with Gasteiger partial charge in [-0.15, -0.1) is 0 Å². The largest absolute Gasteiger partial charge is 0.481 e. The van der Waals surface area contributed by atoms with Gasteiger partial charge in [0.2, 0.25) is 0 Å². The number of hydrogen-bond donors (Lipinski definition) is 2. The van der Waals surface area contributed by atoms with Gasteiger partial charge in [0.1, 0.15) is 5.60 Å². The van der Waals surface area contributed by atoms with Gasteiger partial charge >= 0.3 is 11.9 Å². The zero-order valence-electron chi connectivity index (χ0n) is 18.7. The van der Waals surface area contributed by atoms with Crippen molar-refractivity contribution in [1.29, 1.82) is 0 Å². The molecule has 1 aliphatic rings. The van der Waals surface area contributed by atoms with Crippen LogP contribution in [-0.4, -0.2) is 53.3 Å². The minimum Gasteiger partial charge on any atom is -0.481 e. The van der Waals surface area contributed by atoms with E-state index in [1.807, 2.05) is 18.2 Å². The third-order valence-corrected chi connectivity index (χ3v) is 6.04. The van der Waals surface area contributed by atoms with Gasteiger partial charge in [0.05, 0.1) is 12.8 Å². The van der Waals surface area contributed by atoms with E-state index in [1.54, 1.807) is 0 Å². The highest BCUT2D eigenvalue weighted by Crippen LogP contribution is 2.34. The van der Waals surface area contributed by atoms with Crippen molar-refractivity contribution >= 4 is 23.5 Å². The van der Waals surface area contributed by atoms with Crippen molar-refractivity contribution in [2.24, 2.45) is 0 Å². The van der Waals surface area contributed by atoms with Gasteiger partial charge in [-0.05, 0) is 63.0 Å². The second kappa shape index (κ2) is 12.6. The molecule has 7 heteroatoms. The third kappa shape index (κ3) is 7.93. The van der Waals surface area contributed by atoms with E-state index >= 15 is 0 Å². The van der Waals surface area contributed by atoms with E-state index in [0.717, 1.165) is 23.6 Å². The van der Waals surface area contributed by atoms with E-state index in [4.69, 9.17) is 26.6 Å². The maximum Gasteiger partial charge on any atom is 0.303 e. The summed E-state index contributed by atoms with van der Waals surface area (Å²) >= 11 is 6.07. The molecule has 0 saturated carbocycles. The van der Waals surface area contributed by atoms with Gasteiger partial charge in [0.15, 0.2) is 0 Å². The molecule has 0 spiro atoms. The van der Waals surface area contributed by atoms with E-state index in [2.05, 4.69) is 55.3 Å². The molecule has 1 heterocycles. The molecule has 3 rings (SSSR count). The van der Waals surface area contributed by atoms with E-state index in [9.17, 15) is 9.59 Å². The van der Waals surface area contributed by atoms with Crippen molar-refractivity contribution in [2.75, 3.05) is 20.2 Å². The van der Waals surface area contributed by atoms with Gasteiger partial charge in [-0.2, -0.15) is 0 Å². The number of likely N-dealkylation sites (tertiary alicyclic amines) is 1. The van der Waals surface area contributed by atoms with Crippen LogP contribution < -0.4 is 0 Å². The number of carboxylic acid groups (broad SMARTS) is 2. The summed E-state index contributed by atoms with van der Waals surface area (Å²) in [4.78, 5) is 21.7. The number of benzene rings is 2. The van der Waals surface area contributed by atoms with Gasteiger partial charge in [-0.25, -0.2) is 0 Å². The SMILES string of the molecule is CN1CCC[C@@H]1CCOC(C)(c1ccccc1)c1ccc(Cl)cc1.O=C(O)CCC(=O)O. The van der Waals surface area contributed by atoms with Crippen LogP contribution in [0.25, 0.3) is 0 Å². The van der Waals surface area contributed by atoms with Crippen LogP contribution in [0.15, 0.2) is 54.6 Å². The van der Waals surface area contributed by atoms with Crippen LogP contribution in [-0.2, 0) is 19.9 Å². The molecule has 0 radical (unpaired) electrons. The highest BCUT2D eigenvalue weighted by Gasteiger charge is 2.30. The first-order valence-corrected chi connectivity index (χ1v) is 11.2. The molecule has 2 aromatic carbocycles. The Morgan fingerprint density at radius 3 is 2.09 bits per heavy atom. The number of aliphatic carboxylic acids is 2. The quantitative estimate of drug-likeness (QED) is 0.544. The Labute approximate surface area is 194 Å². The maximum atomic E-state index is 9.64. The highest BCUT2D eigenvalue weighted by atomic mass is 35.5. The molecule has 0 amide bonds. The Morgan fingerprint density at radius 1 is 1.03 bits per heavy atom. The maximum absolute atomic E-state index is 9.64. The fourth-order valence-corrected chi connectivity index (χ4v) is 3.94. The lowest BCUT2D eigenvalue weighted by molar-refractivity contribution is -0.143. The van der Waals surface area contributed by atoms with Crippen molar-refractivity contribution in [2.45, 2.75) is 50.7 Å². The Kier molecular flexibility index (Phi) is 10.2. The number of halogens is 1. The predicted octanol–water partition coefficient (Wildman–Crippen LogP) is 5.04. The molecule has 1 aliphatic heterocycles. The Bertz CT molecular complexity index is 844. The highest BCUT2D eigenvalue weighted by molar-refractivity contribution is 6.30. The molecule has 0 bridgehead atoms. The molecule has 174 valence electrons. The molecular formula is C25H32ClNO5. The molecule has 1 saturated heterocycles. The lowest BCUT2D eigenvalue weighted by Gasteiger charge is -2.32. The number of nitrogens with zero attached hydrogens (tertiary/aromatic N) is 1. The summed E-state index contributed by atoms with van der Waals surface area (Å²) < 4.78 is 6.48. The molecule has 1 unspecified atom stereocenters. The summed E-state index contributed by atoms with van der Waals surface area (Å²) in [6.07, 6.45) is 3.06. The van der Waals surface area contributed by atoms with Crippen LogP contribution in [0.1, 0.15) is 50.2 Å². The normalized spacial score (nSPS) is 17.8. The Balaban J connectivity index is 0.000000390. The molecule has 0 aliphatic carbocycles. The zero-order chi connectivity index (χ0) is 23.6. The van der Waals surface area contributed by atoms with E-state index < -0.39 is 17.5 Å². The van der Waals surface area contributed by atoms with Crippen molar-refractivity contribution in [3.05, 3.63) is 70.7 Å². The van der Waals surface area contributed by atoms with E-state index in [1.165, 1.54) is 24.9 Å². The zero-order valence-corrected chi connectivity index (χ0v) is 19.4. The van der Waals surface area contributed by atoms with Crippen LogP contribution in [0.3, 0.4) is 0 Å². The molecule has 2 atom stereocenters. The summed E-state index contributed by atoms with van der Waals surface area (Å²) in [7, 11) is 2.22. The summed E-state index contributed by atoms with van der Waals surface area (Å²) in [5.74, 6) is -2.15. The molecule has 32 heavy (non-hydrogen) atoms. The smallest absolute Gasteiger partial charge is 0.303 e. The molecule has 2 N–H and O–H groups in total. The fourth-order valence-electron chi connectivity index (χ4n) is 3.81. The van der Waals surface area contributed by atoms with E-state index in [-0.39, 0.29) is 12.8 Å². The lowest BCUT2D eigenvalue weighted by atomic mass is 9.88. The third-order valence-electron chi connectivity index (χ3n) is 5.79. The van der Waals surface area contributed by atoms with Crippen LogP contribution in [0.5, 0.6) is 0 Å². The van der Waals surface area contributed by atoms with Crippen molar-refractivity contribution in [3.63, 3.8) is 0 Å². The molecule has 2 aromatic rings. The van der Waals surface area contributed by atoms with Gasteiger partial charge < -0.3 is 19.8 Å². The second-order valence-electron chi connectivity index (χ2n) is 8.11. The number of carbonyl (C=O) groups is 2. The van der Waals surface area contributed by atoms with Gasteiger partial charge in [-0.3, -0.25) is 9.59 Å². The Morgan fingerprint density at radius 2 is 1.59 bits per heavy atom. The van der Waals surface area contributed by atoms with Crippen LogP contribution in [0.4, 0.5) is 0 Å². The van der Waals surface area contributed by atoms with Crippen LogP contribution in [0, 0.1) is 0 Å². The van der Waals surface area contributed by atoms with Crippen LogP contribution >= 0.6 is 11.6 Å². The average Bonchev–Trinajstić information content (AvgIpc) is 3.18. The molecule has 0 aromatic heterocycles. The topological polar surface area (TPSA) is 87.1 Å². The predicted molar refractivity (Wildman–Crippen MR) is 125 cm³/mol. The van der Waals surface area contributed by atoms with Crippen molar-refractivity contribution in [3.8, 4) is 0 Å². The van der Waals surface area contributed by atoms with Crippen LogP contribution in [0.2, 0.25) is 5.02 Å². The van der Waals surface area contributed by atoms with Gasteiger partial charge in [0.25, 0.3) is 0 Å². The van der Waals surface area contributed by atoms with E-state index in [0.29, 0.717) is 6.04 Å². The first-order valence-electron chi connectivity index (χ1n) is 10.8. The lowest BCUT2D eigenvalue weighted by Crippen LogP contribution is -2.31. The summed E-state index contributed by atoms with van der Waals surface area (Å²) in [6, 6.07) is 19.1. The average molecular weight is 462 g/mol. The molecular weight excluding hydrogens is 430 g/mol. The minimum absolute atomic E-state index is 0.296. The van der Waals surface area contributed by atoms with Crippen molar-refractivity contribution < 1.29 is 24.5 Å². The number of hydrogen-bond acceptors (Lipinski definition) is 4. The number of rotatable bonds is 9. The first-order chi connectivity index (χ1) is 15.2. The minimum atomic E-state index is -1.08. The summed E-state index contributed by atoms with van der Waals surface area (Å²) in [5.41, 5.74) is 1.85. The number of ether oxygens (including phenoxy) is 1. The Hall–Kier alpha value is -2.41. The number of carboxylic acids is 2. The fraction of sp³-hybridized carbons (Fsp3) is 0.440. The van der Waals surface area contributed by atoms with Gasteiger partial charge in [0, 0.05) is 17.7 Å². The monoisotopic (exact) mass is 461 g/mol. The molecule has 6 nitrogen and oxygen atoms in total. The van der Waals surface area contributed by atoms with Crippen molar-refractivity contribution in [1.82, 2.24) is 4.90 Å².